The maximum atomic E-state index is 13.4. The Kier molecular flexibility index (Phi) is 6.03. The van der Waals surface area contributed by atoms with E-state index in [4.69, 9.17) is 0 Å². The predicted octanol–water partition coefficient (Wildman–Crippen LogP) is 3.77. The number of rotatable bonds is 3. The first-order chi connectivity index (χ1) is 11.8. The van der Waals surface area contributed by atoms with Crippen LogP contribution in [0, 0.1) is 5.82 Å². The molecule has 0 aliphatic rings. The summed E-state index contributed by atoms with van der Waals surface area (Å²) in [6, 6.07) is 12.5. The Bertz CT molecular complexity index is 758. The molecule has 0 aliphatic carbocycles. The molecule has 0 heterocycles. The predicted molar refractivity (Wildman–Crippen MR) is 96.5 cm³/mol. The fraction of sp³-hybridized carbons (Fsp3) is 0.222. The van der Waals surface area contributed by atoms with E-state index < -0.39 is 17.8 Å². The lowest BCUT2D eigenvalue weighted by Crippen LogP contribution is -2.45. The van der Waals surface area contributed by atoms with E-state index in [1.807, 2.05) is 12.1 Å². The van der Waals surface area contributed by atoms with E-state index in [-0.39, 0.29) is 10.3 Å². The first-order valence-electron chi connectivity index (χ1n) is 7.65. The van der Waals surface area contributed by atoms with Gasteiger partial charge >= 0.3 is 6.03 Å². The van der Waals surface area contributed by atoms with Crippen molar-refractivity contribution in [2.45, 2.75) is 31.1 Å². The minimum absolute atomic E-state index is 0.00290. The van der Waals surface area contributed by atoms with Gasteiger partial charge in [0.2, 0.25) is 0 Å². The molecule has 0 radical (unpaired) electrons. The number of hydrazine groups is 1. The number of carbonyl (C=O) groups is 2. The standard InChI is InChI=1S/C18H20FN3O2S/c1-18(2,3)13-10-8-12(9-11-13)16(23)20-21-17(24)22-25-15-7-5-4-6-14(15)19/h4-11H,1-3H3,(H,20,23)(H2,21,22,24). The third-order valence-electron chi connectivity index (χ3n) is 3.39. The molecule has 2 aromatic carbocycles. The molecule has 2 rings (SSSR count). The van der Waals surface area contributed by atoms with Gasteiger partial charge in [-0.2, -0.15) is 0 Å². The molecule has 3 N–H and O–H groups in total. The summed E-state index contributed by atoms with van der Waals surface area (Å²) in [6.45, 7) is 6.25. The highest BCUT2D eigenvalue weighted by Gasteiger charge is 2.14. The number of urea groups is 1. The molecule has 132 valence electrons. The molecule has 0 atom stereocenters. The third kappa shape index (κ3) is 5.49. The van der Waals surface area contributed by atoms with Crippen LogP contribution in [-0.4, -0.2) is 11.9 Å². The Morgan fingerprint density at radius 1 is 0.960 bits per heavy atom. The minimum atomic E-state index is -0.659. The summed E-state index contributed by atoms with van der Waals surface area (Å²) in [5.74, 6) is -0.873. The quantitative estimate of drug-likeness (QED) is 0.576. The van der Waals surface area contributed by atoms with Gasteiger partial charge in [0, 0.05) is 5.56 Å². The first kappa shape index (κ1) is 18.8. The van der Waals surface area contributed by atoms with Gasteiger partial charge in [0.25, 0.3) is 5.91 Å². The van der Waals surface area contributed by atoms with Crippen LogP contribution in [0.5, 0.6) is 0 Å². The molecule has 0 unspecified atom stereocenters. The zero-order chi connectivity index (χ0) is 18.4. The molecular formula is C18H20FN3O2S. The Morgan fingerprint density at radius 2 is 1.60 bits per heavy atom. The Labute approximate surface area is 150 Å². The average Bonchev–Trinajstić information content (AvgIpc) is 2.58. The molecule has 0 aliphatic heterocycles. The van der Waals surface area contributed by atoms with Crippen LogP contribution in [0.25, 0.3) is 0 Å². The fourth-order valence-electron chi connectivity index (χ4n) is 1.96. The number of benzene rings is 2. The molecule has 3 amide bonds. The SMILES string of the molecule is CC(C)(C)c1ccc(C(=O)NNC(=O)NSc2ccccc2F)cc1. The van der Waals surface area contributed by atoms with Crippen molar-refractivity contribution in [3.8, 4) is 0 Å². The number of hydrogen-bond donors (Lipinski definition) is 3. The summed E-state index contributed by atoms with van der Waals surface area (Å²) in [4.78, 5) is 24.0. The second-order valence-electron chi connectivity index (χ2n) is 6.37. The molecule has 0 fully saturated rings. The van der Waals surface area contributed by atoms with Gasteiger partial charge < -0.3 is 0 Å². The molecule has 0 spiro atoms. The van der Waals surface area contributed by atoms with Crippen LogP contribution in [0.4, 0.5) is 9.18 Å². The van der Waals surface area contributed by atoms with E-state index in [0.717, 1.165) is 17.5 Å². The number of halogens is 1. The maximum Gasteiger partial charge on any atom is 0.343 e. The molecular weight excluding hydrogens is 341 g/mol. The normalized spacial score (nSPS) is 10.9. The second-order valence-corrected chi connectivity index (χ2v) is 7.22. The highest BCUT2D eigenvalue weighted by molar-refractivity contribution is 7.98. The van der Waals surface area contributed by atoms with Gasteiger partial charge in [-0.1, -0.05) is 45.0 Å². The van der Waals surface area contributed by atoms with Crippen molar-refractivity contribution in [2.75, 3.05) is 0 Å². The van der Waals surface area contributed by atoms with E-state index >= 15 is 0 Å². The Balaban J connectivity index is 1.83. The molecule has 0 bridgehead atoms. The number of amides is 3. The van der Waals surface area contributed by atoms with Crippen molar-refractivity contribution in [2.24, 2.45) is 0 Å². The van der Waals surface area contributed by atoms with Crippen LogP contribution in [0.15, 0.2) is 53.4 Å². The summed E-state index contributed by atoms with van der Waals surface area (Å²) in [5, 5.41) is 0. The highest BCUT2D eigenvalue weighted by Crippen LogP contribution is 2.22. The van der Waals surface area contributed by atoms with Gasteiger partial charge in [0.1, 0.15) is 5.82 Å². The van der Waals surface area contributed by atoms with Crippen molar-refractivity contribution >= 4 is 23.9 Å². The lowest BCUT2D eigenvalue weighted by Gasteiger charge is -2.19. The minimum Gasteiger partial charge on any atom is -0.276 e. The van der Waals surface area contributed by atoms with E-state index in [1.54, 1.807) is 24.3 Å². The van der Waals surface area contributed by atoms with Crippen LogP contribution in [0.1, 0.15) is 36.7 Å². The van der Waals surface area contributed by atoms with Crippen molar-refractivity contribution in [1.82, 2.24) is 15.6 Å². The second kappa shape index (κ2) is 8.02. The summed E-state index contributed by atoms with van der Waals surface area (Å²) in [5.41, 5.74) is 6.05. The summed E-state index contributed by atoms with van der Waals surface area (Å²) in [6.07, 6.45) is 0. The fourth-order valence-corrected chi connectivity index (χ4v) is 2.53. The van der Waals surface area contributed by atoms with Crippen molar-refractivity contribution in [3.05, 3.63) is 65.5 Å². The number of nitrogens with one attached hydrogen (secondary N) is 3. The van der Waals surface area contributed by atoms with Crippen LogP contribution in [-0.2, 0) is 5.41 Å². The zero-order valence-corrected chi connectivity index (χ0v) is 15.0. The summed E-state index contributed by atoms with van der Waals surface area (Å²) in [7, 11) is 0. The van der Waals surface area contributed by atoms with Crippen LogP contribution in [0.2, 0.25) is 0 Å². The first-order valence-corrected chi connectivity index (χ1v) is 8.47. The Morgan fingerprint density at radius 3 is 2.20 bits per heavy atom. The van der Waals surface area contributed by atoms with E-state index in [2.05, 4.69) is 36.3 Å². The van der Waals surface area contributed by atoms with Gasteiger partial charge in [-0.3, -0.25) is 14.9 Å². The Hall–Kier alpha value is -2.54. The van der Waals surface area contributed by atoms with Gasteiger partial charge in [-0.25, -0.2) is 14.6 Å². The molecule has 2 aromatic rings. The van der Waals surface area contributed by atoms with Crippen LogP contribution in [0.3, 0.4) is 0 Å². The van der Waals surface area contributed by atoms with Gasteiger partial charge in [-0.05, 0) is 47.2 Å². The van der Waals surface area contributed by atoms with Gasteiger partial charge in [0.05, 0.1) is 4.90 Å². The molecule has 0 aromatic heterocycles. The van der Waals surface area contributed by atoms with E-state index in [9.17, 15) is 14.0 Å². The van der Waals surface area contributed by atoms with Gasteiger partial charge in [-0.15, -0.1) is 0 Å². The monoisotopic (exact) mass is 361 g/mol. The lowest BCUT2D eigenvalue weighted by atomic mass is 9.87. The van der Waals surface area contributed by atoms with Crippen LogP contribution < -0.4 is 15.6 Å². The molecule has 0 saturated heterocycles. The average molecular weight is 361 g/mol. The van der Waals surface area contributed by atoms with Crippen molar-refractivity contribution in [1.29, 1.82) is 0 Å². The summed E-state index contributed by atoms with van der Waals surface area (Å²) >= 11 is 0.819. The zero-order valence-electron chi connectivity index (χ0n) is 14.2. The number of carbonyl (C=O) groups excluding carboxylic acids is 2. The molecule has 5 nitrogen and oxygen atoms in total. The molecule has 0 saturated carbocycles. The summed E-state index contributed by atoms with van der Waals surface area (Å²) < 4.78 is 15.8. The smallest absolute Gasteiger partial charge is 0.276 e. The topological polar surface area (TPSA) is 70.2 Å². The van der Waals surface area contributed by atoms with E-state index in [0.29, 0.717) is 5.56 Å². The van der Waals surface area contributed by atoms with Gasteiger partial charge in [0.15, 0.2) is 0 Å². The molecule has 25 heavy (non-hydrogen) atoms. The van der Waals surface area contributed by atoms with Crippen LogP contribution >= 0.6 is 11.9 Å². The maximum absolute atomic E-state index is 13.4. The molecule has 7 heteroatoms. The third-order valence-corrected chi connectivity index (χ3v) is 4.23. The van der Waals surface area contributed by atoms with Crippen molar-refractivity contribution < 1.29 is 14.0 Å². The number of hydrogen-bond acceptors (Lipinski definition) is 3. The largest absolute Gasteiger partial charge is 0.343 e. The van der Waals surface area contributed by atoms with Crippen molar-refractivity contribution in [3.63, 3.8) is 0 Å². The lowest BCUT2D eigenvalue weighted by molar-refractivity contribution is 0.0937. The van der Waals surface area contributed by atoms with E-state index in [1.165, 1.54) is 12.1 Å². The highest BCUT2D eigenvalue weighted by atomic mass is 32.2.